The Morgan fingerprint density at radius 2 is 1.42 bits per heavy atom. The van der Waals surface area contributed by atoms with Crippen LogP contribution < -0.4 is 4.57 Å². The van der Waals surface area contributed by atoms with E-state index in [0.29, 0.717) is 0 Å². The van der Waals surface area contributed by atoms with E-state index in [-0.39, 0.29) is 21.1 Å². The first-order chi connectivity index (χ1) is 23.3. The molecule has 0 N–H and O–H groups in total. The van der Waals surface area contributed by atoms with Gasteiger partial charge in [-0.1, -0.05) is 78.3 Å². The van der Waals surface area contributed by atoms with Crippen molar-refractivity contribution in [1.29, 1.82) is 0 Å². The molecule has 0 radical (unpaired) electrons. The van der Waals surface area contributed by atoms with E-state index < -0.39 is 0 Å². The van der Waals surface area contributed by atoms with E-state index in [1.165, 1.54) is 0 Å². The van der Waals surface area contributed by atoms with Crippen LogP contribution in [0.5, 0.6) is 0 Å². The molecule has 0 saturated carbocycles. The second kappa shape index (κ2) is 11.2. The van der Waals surface area contributed by atoms with Gasteiger partial charge in [-0.25, -0.2) is 4.98 Å². The number of furan rings is 1. The summed E-state index contributed by atoms with van der Waals surface area (Å²) in [6, 6.07) is 56.5. The first-order valence-electron chi connectivity index (χ1n) is 15.6. The first kappa shape index (κ1) is 28.5. The smallest absolute Gasteiger partial charge is 0.268 e. The Morgan fingerprint density at radius 3 is 2.35 bits per heavy atom. The Bertz CT molecular complexity index is 2810. The van der Waals surface area contributed by atoms with Crippen LogP contribution in [0.1, 0.15) is 0 Å². The molecular weight excluding hydrogens is 772 g/mol. The standard InChI is InChI=1S/C42H24N4O.Pt/c1-2-13-28(14-3-1)44-27-45(38-22-10-9-21-37(38)44)35-19-7-5-17-31(35)34-18-12-24-42(43-34)46-36-20-8-4-15-29(36)32-25-33-30-16-6-11-23-40(30)47-41(33)26-39(32)46;/h1-13,15-19,21-26H;/q-2;. The summed E-state index contributed by atoms with van der Waals surface area (Å²) in [5.74, 6) is 0.811. The van der Waals surface area contributed by atoms with Crippen LogP contribution >= 0.6 is 0 Å². The van der Waals surface area contributed by atoms with Crippen LogP contribution in [0.25, 0.3) is 83.2 Å². The summed E-state index contributed by atoms with van der Waals surface area (Å²) in [5, 5.41) is 4.48. The monoisotopic (exact) mass is 795 g/mol. The summed E-state index contributed by atoms with van der Waals surface area (Å²) >= 11 is 0. The maximum atomic E-state index is 6.32. The fourth-order valence-electron chi connectivity index (χ4n) is 6.87. The molecule has 10 rings (SSSR count). The van der Waals surface area contributed by atoms with Crippen LogP contribution in [0.3, 0.4) is 0 Å². The van der Waals surface area contributed by atoms with Crippen LogP contribution in [-0.4, -0.2) is 14.1 Å². The van der Waals surface area contributed by atoms with Crippen LogP contribution in [0.15, 0.2) is 150 Å². The van der Waals surface area contributed by atoms with Gasteiger partial charge in [-0.05, 0) is 35.3 Å². The van der Waals surface area contributed by atoms with E-state index in [1.807, 2.05) is 48.5 Å². The zero-order valence-corrected chi connectivity index (χ0v) is 27.6. The van der Waals surface area contributed by atoms with E-state index in [1.54, 1.807) is 0 Å². The molecule has 5 nitrogen and oxygen atoms in total. The third-order valence-electron chi connectivity index (χ3n) is 8.97. The number of hydrogen-bond donors (Lipinski definition) is 0. The van der Waals surface area contributed by atoms with E-state index in [4.69, 9.17) is 9.40 Å². The minimum Gasteiger partial charge on any atom is -0.456 e. The molecule has 4 heterocycles. The van der Waals surface area contributed by atoms with Crippen molar-refractivity contribution in [2.75, 3.05) is 0 Å². The van der Waals surface area contributed by atoms with Crippen LogP contribution in [0.4, 0.5) is 0 Å². The summed E-state index contributed by atoms with van der Waals surface area (Å²) in [4.78, 5) is 5.31. The average Bonchev–Trinajstić information content (AvgIpc) is 3.80. The van der Waals surface area contributed by atoms with Gasteiger partial charge < -0.3 is 13.6 Å². The van der Waals surface area contributed by atoms with Crippen LogP contribution in [0, 0.1) is 18.5 Å². The van der Waals surface area contributed by atoms with Crippen molar-refractivity contribution in [1.82, 2.24) is 14.1 Å². The summed E-state index contributed by atoms with van der Waals surface area (Å²) < 4.78 is 12.7. The third-order valence-corrected chi connectivity index (χ3v) is 8.97. The maximum Gasteiger partial charge on any atom is 0.268 e. The van der Waals surface area contributed by atoms with Gasteiger partial charge >= 0.3 is 0 Å². The molecule has 0 saturated heterocycles. The fraction of sp³-hybridized carbons (Fsp3) is 0. The topological polar surface area (TPSA) is 39.8 Å². The molecule has 0 bridgehead atoms. The zero-order chi connectivity index (χ0) is 30.9. The van der Waals surface area contributed by atoms with Gasteiger partial charge in [0, 0.05) is 49.0 Å². The minimum atomic E-state index is 0. The van der Waals surface area contributed by atoms with Gasteiger partial charge in [0.25, 0.3) is 6.33 Å². The Morgan fingerprint density at radius 1 is 0.604 bits per heavy atom. The van der Waals surface area contributed by atoms with E-state index in [0.717, 1.165) is 83.2 Å². The number of aromatic nitrogens is 4. The maximum absolute atomic E-state index is 6.32. The first-order valence-corrected chi connectivity index (χ1v) is 15.6. The molecule has 230 valence electrons. The predicted octanol–water partition coefficient (Wildman–Crippen LogP) is 9.36. The second-order valence-electron chi connectivity index (χ2n) is 11.6. The normalized spacial score (nSPS) is 11.6. The molecule has 0 aliphatic rings. The van der Waals surface area contributed by atoms with Crippen molar-refractivity contribution in [2.24, 2.45) is 0 Å². The van der Waals surface area contributed by atoms with E-state index >= 15 is 0 Å². The SMILES string of the molecule is [Pt].[c-]1ccccc1-n1[c-][n+](-c2ccccc2-c2cccc(-n3c4[c-]cccc4c4cc5c(cc43)oc3ccccc35)n2)c2ccccc21. The molecule has 6 aromatic carbocycles. The minimum absolute atomic E-state index is 0. The molecule has 0 fully saturated rings. The number of hydrogen-bond acceptors (Lipinski definition) is 2. The van der Waals surface area contributed by atoms with Gasteiger partial charge in [0.05, 0.1) is 22.4 Å². The molecule has 10 aromatic rings. The third kappa shape index (κ3) is 4.28. The van der Waals surface area contributed by atoms with Gasteiger partial charge in [-0.15, -0.1) is 5.39 Å². The molecule has 48 heavy (non-hydrogen) atoms. The summed E-state index contributed by atoms with van der Waals surface area (Å²) in [7, 11) is 0. The van der Waals surface area contributed by atoms with Crippen molar-refractivity contribution in [2.45, 2.75) is 0 Å². The Hall–Kier alpha value is -5.77. The molecule has 0 amide bonds. The molecule has 4 aromatic heterocycles. The number of rotatable bonds is 4. The van der Waals surface area contributed by atoms with Gasteiger partial charge in [-0.3, -0.25) is 4.57 Å². The number of nitrogens with zero attached hydrogens (tertiary/aromatic N) is 4. The largest absolute Gasteiger partial charge is 0.456 e. The number of pyridine rings is 1. The van der Waals surface area contributed by atoms with E-state index in [9.17, 15) is 0 Å². The zero-order valence-electron chi connectivity index (χ0n) is 25.4. The number of imidazole rings is 1. The molecule has 0 spiro atoms. The predicted molar refractivity (Wildman–Crippen MR) is 186 cm³/mol. The Labute approximate surface area is 290 Å². The average molecular weight is 796 g/mol. The van der Waals surface area contributed by atoms with Gasteiger partial charge in [-0.2, -0.15) is 54.6 Å². The second-order valence-corrected chi connectivity index (χ2v) is 11.6. The Balaban J connectivity index is 0.00000314. The van der Waals surface area contributed by atoms with Gasteiger partial charge in [0.1, 0.15) is 17.0 Å². The Kier molecular flexibility index (Phi) is 6.63. The van der Waals surface area contributed by atoms with Crippen LogP contribution in [0.2, 0.25) is 0 Å². The molecule has 0 atom stereocenters. The van der Waals surface area contributed by atoms with Crippen molar-refractivity contribution < 1.29 is 30.0 Å². The summed E-state index contributed by atoms with van der Waals surface area (Å²) in [6.07, 6.45) is 3.60. The molecule has 0 aliphatic carbocycles. The summed E-state index contributed by atoms with van der Waals surface area (Å²) in [6.45, 7) is 0. The molecule has 0 unspecified atom stereocenters. The number of para-hydroxylation sites is 6. The number of fused-ring (bicyclic) bond motifs is 7. The molecular formula is C42H24N4OPt-2. The summed E-state index contributed by atoms with van der Waals surface area (Å²) in [5.41, 5.74) is 9.60. The van der Waals surface area contributed by atoms with Crippen molar-refractivity contribution in [3.63, 3.8) is 0 Å². The fourth-order valence-corrected chi connectivity index (χ4v) is 6.87. The van der Waals surface area contributed by atoms with Crippen molar-refractivity contribution in [3.05, 3.63) is 164 Å². The van der Waals surface area contributed by atoms with Crippen molar-refractivity contribution in [3.8, 4) is 28.5 Å². The molecule has 6 heteroatoms. The quantitative estimate of drug-likeness (QED) is 0.132. The van der Waals surface area contributed by atoms with Crippen LogP contribution in [-0.2, 0) is 21.1 Å². The van der Waals surface area contributed by atoms with Crippen molar-refractivity contribution >= 4 is 54.8 Å². The molecule has 0 aliphatic heterocycles. The van der Waals surface area contributed by atoms with Gasteiger partial charge in [0.15, 0.2) is 0 Å². The van der Waals surface area contributed by atoms with E-state index in [2.05, 4.69) is 129 Å². The van der Waals surface area contributed by atoms with Gasteiger partial charge in [0.2, 0.25) is 0 Å². The number of benzene rings is 6.